The first kappa shape index (κ1) is 29.8. The number of esters is 2. The molecule has 0 spiro atoms. The van der Waals surface area contributed by atoms with Crippen molar-refractivity contribution in [2.45, 2.75) is 65.2 Å². The van der Waals surface area contributed by atoms with E-state index < -0.39 is 0 Å². The van der Waals surface area contributed by atoms with Gasteiger partial charge in [-0.15, -0.1) is 22.7 Å². The summed E-state index contributed by atoms with van der Waals surface area (Å²) in [6, 6.07) is 25.9. The van der Waals surface area contributed by atoms with Crippen LogP contribution in [0.1, 0.15) is 63.5 Å². The second kappa shape index (κ2) is 15.5. The second-order valence-electron chi connectivity index (χ2n) is 9.87. The van der Waals surface area contributed by atoms with E-state index in [-0.39, 0.29) is 11.9 Å². The van der Waals surface area contributed by atoms with E-state index in [1.165, 1.54) is 41.8 Å². The van der Waals surface area contributed by atoms with Crippen LogP contribution in [0.15, 0.2) is 72.8 Å². The third-order valence-corrected chi connectivity index (χ3v) is 9.17. The number of carbonyl (C=O) groups excluding carboxylic acids is 2. The zero-order valence-electron chi connectivity index (χ0n) is 23.4. The summed E-state index contributed by atoms with van der Waals surface area (Å²) in [5, 5.41) is 0. The molecule has 4 rings (SSSR count). The maximum absolute atomic E-state index is 11.7. The van der Waals surface area contributed by atoms with Crippen molar-refractivity contribution in [3.8, 4) is 30.6 Å². The fraction of sp³-hybridized carbons (Fsp3) is 0.353. The molecule has 4 aromatic rings. The third kappa shape index (κ3) is 8.90. The summed E-state index contributed by atoms with van der Waals surface area (Å²) in [7, 11) is 0. The average molecular weight is 575 g/mol. The molecule has 0 aliphatic carbocycles. The summed E-state index contributed by atoms with van der Waals surface area (Å²) in [5.41, 5.74) is 4.74. The molecule has 0 saturated heterocycles. The van der Waals surface area contributed by atoms with Crippen molar-refractivity contribution >= 4 is 34.6 Å². The predicted molar refractivity (Wildman–Crippen MR) is 167 cm³/mol. The van der Waals surface area contributed by atoms with Crippen molar-refractivity contribution in [2.24, 2.45) is 0 Å². The lowest BCUT2D eigenvalue weighted by Crippen LogP contribution is -2.07. The van der Waals surface area contributed by atoms with Gasteiger partial charge in [0.25, 0.3) is 0 Å². The lowest BCUT2D eigenvalue weighted by Gasteiger charge is -2.05. The zero-order valence-corrected chi connectivity index (χ0v) is 25.1. The Kier molecular flexibility index (Phi) is 11.6. The lowest BCUT2D eigenvalue weighted by molar-refractivity contribution is -0.144. The van der Waals surface area contributed by atoms with Gasteiger partial charge in [0.2, 0.25) is 0 Å². The number of carbonyl (C=O) groups is 2. The maximum atomic E-state index is 11.7. The Morgan fingerprint density at radius 3 is 1.30 bits per heavy atom. The van der Waals surface area contributed by atoms with E-state index in [1.54, 1.807) is 22.7 Å². The molecular weight excluding hydrogens is 537 g/mol. The Morgan fingerprint density at radius 1 is 0.550 bits per heavy atom. The van der Waals surface area contributed by atoms with Crippen molar-refractivity contribution in [1.29, 1.82) is 0 Å². The molecule has 0 aliphatic rings. The number of ether oxygens (including phenoxy) is 2. The van der Waals surface area contributed by atoms with Crippen LogP contribution in [-0.2, 0) is 31.9 Å². The molecule has 0 unspecified atom stereocenters. The first-order chi connectivity index (χ1) is 19.6. The Labute approximate surface area is 246 Å². The van der Waals surface area contributed by atoms with E-state index in [1.807, 2.05) is 0 Å². The van der Waals surface area contributed by atoms with E-state index in [4.69, 9.17) is 9.47 Å². The summed E-state index contributed by atoms with van der Waals surface area (Å²) >= 11 is 3.60. The predicted octanol–water partition coefficient (Wildman–Crippen LogP) is 9.36. The second-order valence-corrected chi connectivity index (χ2v) is 12.0. The van der Waals surface area contributed by atoms with Crippen LogP contribution in [0.25, 0.3) is 30.6 Å². The topological polar surface area (TPSA) is 52.6 Å². The van der Waals surface area contributed by atoms with Gasteiger partial charge in [0.05, 0.1) is 13.2 Å². The van der Waals surface area contributed by atoms with E-state index in [0.29, 0.717) is 26.1 Å². The van der Waals surface area contributed by atoms with E-state index >= 15 is 0 Å². The number of hydrogen-bond acceptors (Lipinski definition) is 6. The van der Waals surface area contributed by atoms with Crippen molar-refractivity contribution in [3.05, 3.63) is 83.9 Å². The molecule has 210 valence electrons. The molecule has 40 heavy (non-hydrogen) atoms. The number of thiophene rings is 2. The van der Waals surface area contributed by atoms with E-state index in [0.717, 1.165) is 38.5 Å². The highest BCUT2D eigenvalue weighted by molar-refractivity contribution is 7.25. The Bertz CT molecular complexity index is 1240. The molecule has 0 atom stereocenters. The van der Waals surface area contributed by atoms with Crippen LogP contribution in [0.3, 0.4) is 0 Å². The molecule has 2 aromatic carbocycles. The van der Waals surface area contributed by atoms with Crippen LogP contribution in [-0.4, -0.2) is 25.2 Å². The summed E-state index contributed by atoms with van der Waals surface area (Å²) < 4.78 is 10.7. The van der Waals surface area contributed by atoms with Gasteiger partial charge in [0.15, 0.2) is 0 Å². The summed E-state index contributed by atoms with van der Waals surface area (Å²) in [6.07, 6.45) is 6.26. The molecule has 2 aromatic heterocycles. The highest BCUT2D eigenvalue weighted by atomic mass is 32.1. The minimum Gasteiger partial charge on any atom is -0.465 e. The minimum absolute atomic E-state index is 0.101. The molecule has 0 saturated carbocycles. The highest BCUT2D eigenvalue weighted by Crippen LogP contribution is 2.40. The molecule has 0 radical (unpaired) electrons. The minimum atomic E-state index is -0.101. The van der Waals surface area contributed by atoms with Crippen molar-refractivity contribution in [3.63, 3.8) is 0 Å². The number of benzene rings is 2. The van der Waals surface area contributed by atoms with E-state index in [9.17, 15) is 9.59 Å². The van der Waals surface area contributed by atoms with Crippen LogP contribution in [0.2, 0.25) is 0 Å². The van der Waals surface area contributed by atoms with E-state index in [2.05, 4.69) is 86.6 Å². The third-order valence-electron chi connectivity index (χ3n) is 6.71. The first-order valence-corrected chi connectivity index (χ1v) is 15.9. The summed E-state index contributed by atoms with van der Waals surface area (Å²) in [4.78, 5) is 28.4. The molecule has 2 heterocycles. The zero-order chi connectivity index (χ0) is 28.2. The van der Waals surface area contributed by atoms with Crippen LogP contribution >= 0.6 is 22.7 Å². The van der Waals surface area contributed by atoms with Crippen LogP contribution < -0.4 is 0 Å². The number of hydrogen-bond donors (Lipinski definition) is 0. The quantitative estimate of drug-likeness (QED) is 0.133. The van der Waals surface area contributed by atoms with Crippen LogP contribution in [0, 0.1) is 0 Å². The first-order valence-electron chi connectivity index (χ1n) is 14.3. The molecule has 0 N–H and O–H groups in total. The largest absolute Gasteiger partial charge is 0.465 e. The molecular formula is C34H38O4S2. The summed E-state index contributed by atoms with van der Waals surface area (Å²) in [6.45, 7) is 5.01. The SMILES string of the molecule is CCCCC(=O)OCCc1ccc(-c2ccc(-c3ccc(-c4ccc(CCOC(=O)CCCC)cc4)s3)s2)cc1. The van der Waals surface area contributed by atoms with Crippen molar-refractivity contribution in [2.75, 3.05) is 13.2 Å². The van der Waals surface area contributed by atoms with Gasteiger partial charge >= 0.3 is 11.9 Å². The lowest BCUT2D eigenvalue weighted by atomic mass is 10.1. The van der Waals surface area contributed by atoms with Gasteiger partial charge in [-0.3, -0.25) is 9.59 Å². The van der Waals surface area contributed by atoms with Crippen LogP contribution in [0.5, 0.6) is 0 Å². The average Bonchev–Trinajstić information content (AvgIpc) is 3.66. The molecule has 0 bridgehead atoms. The Morgan fingerprint density at radius 2 is 0.925 bits per heavy atom. The molecule has 6 heteroatoms. The maximum Gasteiger partial charge on any atom is 0.305 e. The fourth-order valence-electron chi connectivity index (χ4n) is 4.27. The molecule has 4 nitrogen and oxygen atoms in total. The monoisotopic (exact) mass is 574 g/mol. The molecule has 0 aliphatic heterocycles. The number of rotatable bonds is 15. The Hall–Kier alpha value is -3.22. The van der Waals surface area contributed by atoms with Gasteiger partial charge in [-0.05, 0) is 59.4 Å². The van der Waals surface area contributed by atoms with Crippen LogP contribution in [0.4, 0.5) is 0 Å². The Balaban J connectivity index is 1.29. The van der Waals surface area contributed by atoms with Gasteiger partial charge in [-0.25, -0.2) is 0 Å². The van der Waals surface area contributed by atoms with Gasteiger partial charge in [-0.1, -0.05) is 75.2 Å². The van der Waals surface area contributed by atoms with Gasteiger partial charge in [0.1, 0.15) is 0 Å². The molecule has 0 fully saturated rings. The van der Waals surface area contributed by atoms with Gasteiger partial charge in [-0.2, -0.15) is 0 Å². The number of unbranched alkanes of at least 4 members (excludes halogenated alkanes) is 2. The standard InChI is InChI=1S/C34H38O4S2/c1-3-5-7-33(35)37-23-21-25-9-13-27(14-10-25)29-17-19-31(39-29)32-20-18-30(40-32)28-15-11-26(12-16-28)22-24-38-34(36)8-6-4-2/h9-20H,3-8,21-24H2,1-2H3. The molecule has 0 amide bonds. The normalized spacial score (nSPS) is 10.9. The van der Waals surface area contributed by atoms with Gasteiger partial charge in [0, 0.05) is 45.2 Å². The van der Waals surface area contributed by atoms with Crippen molar-refractivity contribution in [1.82, 2.24) is 0 Å². The van der Waals surface area contributed by atoms with Gasteiger partial charge < -0.3 is 9.47 Å². The highest BCUT2D eigenvalue weighted by Gasteiger charge is 2.10. The smallest absolute Gasteiger partial charge is 0.305 e. The summed E-state index contributed by atoms with van der Waals surface area (Å²) in [5.74, 6) is -0.202. The fourth-order valence-corrected chi connectivity index (χ4v) is 6.39. The van der Waals surface area contributed by atoms with Crippen molar-refractivity contribution < 1.29 is 19.1 Å².